The van der Waals surface area contributed by atoms with Gasteiger partial charge < -0.3 is 15.0 Å². The van der Waals surface area contributed by atoms with Crippen molar-refractivity contribution in [3.8, 4) is 5.88 Å². The molecule has 0 aliphatic rings. The van der Waals surface area contributed by atoms with Gasteiger partial charge in [-0.2, -0.15) is 0 Å². The van der Waals surface area contributed by atoms with Crippen molar-refractivity contribution in [1.29, 1.82) is 0 Å². The summed E-state index contributed by atoms with van der Waals surface area (Å²) in [6, 6.07) is 20.2. The van der Waals surface area contributed by atoms with Gasteiger partial charge in [-0.1, -0.05) is 48.0 Å². The molecule has 162 valence electrons. The average Bonchev–Trinajstić information content (AvgIpc) is 2.99. The van der Waals surface area contributed by atoms with Gasteiger partial charge in [0.2, 0.25) is 11.0 Å². The molecule has 3 aromatic carbocycles. The number of aryl methyl sites for hydroxylation is 4. The topological polar surface area (TPSA) is 61.9 Å². The van der Waals surface area contributed by atoms with E-state index in [-0.39, 0.29) is 11.0 Å². The van der Waals surface area contributed by atoms with Gasteiger partial charge in [0.25, 0.3) is 0 Å². The first-order chi connectivity index (χ1) is 15.3. The molecule has 4 aromatic rings. The van der Waals surface area contributed by atoms with Crippen LogP contribution in [0.5, 0.6) is 5.88 Å². The molecular weight excluding hydrogens is 416 g/mol. The van der Waals surface area contributed by atoms with Crippen LogP contribution in [0.15, 0.2) is 70.9 Å². The normalized spacial score (nSPS) is 11.4. The number of hydrogen-bond acceptors (Lipinski definition) is 3. The summed E-state index contributed by atoms with van der Waals surface area (Å²) < 4.78 is 1.87. The molecule has 6 heteroatoms. The van der Waals surface area contributed by atoms with Gasteiger partial charge >= 0.3 is 0 Å². The van der Waals surface area contributed by atoms with Crippen molar-refractivity contribution in [3.63, 3.8) is 0 Å². The van der Waals surface area contributed by atoms with Gasteiger partial charge in [0.15, 0.2) is 5.69 Å². The highest BCUT2D eigenvalue weighted by atomic mass is 32.1. The van der Waals surface area contributed by atoms with Crippen LogP contribution in [0.4, 0.5) is 11.4 Å². The molecule has 1 heterocycles. The lowest BCUT2D eigenvalue weighted by molar-refractivity contribution is 0.429. The van der Waals surface area contributed by atoms with Crippen molar-refractivity contribution in [2.75, 3.05) is 5.32 Å². The predicted octanol–water partition coefficient (Wildman–Crippen LogP) is 7.11. The maximum atomic E-state index is 11.1. The Bertz CT molecular complexity index is 1330. The fourth-order valence-corrected chi connectivity index (χ4v) is 4.12. The Balaban J connectivity index is 1.66. The van der Waals surface area contributed by atoms with E-state index in [0.29, 0.717) is 12.2 Å². The SMILES string of the molecule is Cc1cc(C)cc(NC(=S)N=Nc2c(O)n(Cc3cc(C)ccc3C)c3ccccc23)c1. The molecular formula is C26H26N4OS. The molecule has 0 aliphatic heterocycles. The molecule has 0 amide bonds. The largest absolute Gasteiger partial charge is 0.493 e. The Labute approximate surface area is 193 Å². The molecule has 0 atom stereocenters. The van der Waals surface area contributed by atoms with Crippen molar-refractivity contribution in [2.24, 2.45) is 10.2 Å². The number of aromatic hydroxyl groups is 1. The van der Waals surface area contributed by atoms with E-state index >= 15 is 0 Å². The van der Waals surface area contributed by atoms with Crippen molar-refractivity contribution in [1.82, 2.24) is 4.57 Å². The molecule has 5 nitrogen and oxygen atoms in total. The fraction of sp³-hybridized carbons (Fsp3) is 0.192. The zero-order valence-corrected chi connectivity index (χ0v) is 19.5. The molecule has 0 fully saturated rings. The summed E-state index contributed by atoms with van der Waals surface area (Å²) in [7, 11) is 0. The van der Waals surface area contributed by atoms with Crippen LogP contribution in [0, 0.1) is 27.7 Å². The molecule has 2 N–H and O–H groups in total. The van der Waals surface area contributed by atoms with Crippen LogP contribution < -0.4 is 5.32 Å². The molecule has 0 unspecified atom stereocenters. The summed E-state index contributed by atoms with van der Waals surface area (Å²) in [6.07, 6.45) is 0. The van der Waals surface area contributed by atoms with Crippen LogP contribution in [0.1, 0.15) is 27.8 Å². The van der Waals surface area contributed by atoms with E-state index in [1.165, 1.54) is 11.1 Å². The molecule has 0 aliphatic carbocycles. The minimum Gasteiger partial charge on any atom is -0.493 e. The van der Waals surface area contributed by atoms with Gasteiger partial charge in [-0.3, -0.25) is 0 Å². The number of anilines is 1. The van der Waals surface area contributed by atoms with E-state index in [2.05, 4.69) is 53.7 Å². The number of rotatable bonds is 4. The molecule has 0 saturated carbocycles. The summed E-state index contributed by atoms with van der Waals surface area (Å²) in [5.41, 5.74) is 7.96. The molecule has 1 aromatic heterocycles. The Morgan fingerprint density at radius 1 is 0.938 bits per heavy atom. The summed E-state index contributed by atoms with van der Waals surface area (Å²) in [5.74, 6) is 0.0741. The Morgan fingerprint density at radius 2 is 1.66 bits per heavy atom. The van der Waals surface area contributed by atoms with E-state index < -0.39 is 0 Å². The maximum absolute atomic E-state index is 11.1. The van der Waals surface area contributed by atoms with Crippen LogP contribution in [0.25, 0.3) is 10.9 Å². The summed E-state index contributed by atoms with van der Waals surface area (Å²) in [6.45, 7) is 8.76. The Morgan fingerprint density at radius 3 is 2.41 bits per heavy atom. The van der Waals surface area contributed by atoms with Crippen molar-refractivity contribution >= 4 is 39.6 Å². The molecule has 32 heavy (non-hydrogen) atoms. The van der Waals surface area contributed by atoms with Crippen LogP contribution in [-0.4, -0.2) is 14.8 Å². The lowest BCUT2D eigenvalue weighted by atomic mass is 10.1. The highest BCUT2D eigenvalue weighted by molar-refractivity contribution is 7.80. The quantitative estimate of drug-likeness (QED) is 0.261. The second kappa shape index (κ2) is 8.93. The van der Waals surface area contributed by atoms with Crippen molar-refractivity contribution in [2.45, 2.75) is 34.2 Å². The molecule has 0 spiro atoms. The van der Waals surface area contributed by atoms with Gasteiger partial charge in [0, 0.05) is 11.1 Å². The first-order valence-corrected chi connectivity index (χ1v) is 10.9. The minimum absolute atomic E-state index is 0.0741. The second-order valence-corrected chi connectivity index (χ2v) is 8.60. The zero-order chi connectivity index (χ0) is 22.8. The number of nitrogens with one attached hydrogen (secondary N) is 1. The monoisotopic (exact) mass is 442 g/mol. The van der Waals surface area contributed by atoms with Gasteiger partial charge in [-0.25, -0.2) is 0 Å². The lowest BCUT2D eigenvalue weighted by Crippen LogP contribution is -2.05. The first kappa shape index (κ1) is 21.7. The Hall–Kier alpha value is -3.51. The predicted molar refractivity (Wildman–Crippen MR) is 135 cm³/mol. The Kier molecular flexibility index (Phi) is 6.06. The van der Waals surface area contributed by atoms with Crippen molar-refractivity contribution < 1.29 is 5.11 Å². The summed E-state index contributed by atoms with van der Waals surface area (Å²) in [4.78, 5) is 0. The fourth-order valence-electron chi connectivity index (χ4n) is 3.96. The van der Waals surface area contributed by atoms with Crippen LogP contribution in [0.3, 0.4) is 0 Å². The van der Waals surface area contributed by atoms with E-state index in [4.69, 9.17) is 12.2 Å². The second-order valence-electron chi connectivity index (χ2n) is 8.21. The van der Waals surface area contributed by atoms with E-state index in [9.17, 15) is 5.11 Å². The summed E-state index contributed by atoms with van der Waals surface area (Å²) >= 11 is 5.37. The molecule has 0 radical (unpaired) electrons. The third-order valence-electron chi connectivity index (χ3n) is 5.46. The third-order valence-corrected chi connectivity index (χ3v) is 5.65. The number of para-hydroxylation sites is 1. The number of benzene rings is 3. The van der Waals surface area contributed by atoms with Gasteiger partial charge in [-0.15, -0.1) is 10.2 Å². The van der Waals surface area contributed by atoms with Gasteiger partial charge in [0.05, 0.1) is 12.1 Å². The highest BCUT2D eigenvalue weighted by Gasteiger charge is 2.17. The van der Waals surface area contributed by atoms with E-state index in [1.807, 2.05) is 54.8 Å². The number of azo groups is 1. The molecule has 4 rings (SSSR count). The minimum atomic E-state index is 0.0741. The van der Waals surface area contributed by atoms with Crippen LogP contribution >= 0.6 is 12.2 Å². The van der Waals surface area contributed by atoms with E-state index in [0.717, 1.165) is 33.3 Å². The van der Waals surface area contributed by atoms with Gasteiger partial charge in [-0.05, 0) is 80.4 Å². The molecule has 0 bridgehead atoms. The van der Waals surface area contributed by atoms with Crippen molar-refractivity contribution in [3.05, 3.63) is 88.5 Å². The number of nitrogens with zero attached hydrogens (tertiary/aromatic N) is 3. The smallest absolute Gasteiger partial charge is 0.221 e. The maximum Gasteiger partial charge on any atom is 0.221 e. The number of thiocarbonyl (C=S) groups is 1. The lowest BCUT2D eigenvalue weighted by Gasteiger charge is -2.11. The number of fused-ring (bicyclic) bond motifs is 1. The third kappa shape index (κ3) is 4.55. The summed E-state index contributed by atoms with van der Waals surface area (Å²) in [5, 5.41) is 23.7. The standard InChI is InChI=1S/C26H26N4OS/c1-16-9-10-19(4)20(12-16)15-30-23-8-6-5-7-22(23)24(25(30)31)28-29-26(32)27-21-13-17(2)11-18(3)14-21/h5-14,31H,15H2,1-4H3,(H,27,32). The van der Waals surface area contributed by atoms with E-state index in [1.54, 1.807) is 0 Å². The van der Waals surface area contributed by atoms with Crippen LogP contribution in [0.2, 0.25) is 0 Å². The number of aromatic nitrogens is 1. The number of hydrogen-bond donors (Lipinski definition) is 2. The van der Waals surface area contributed by atoms with Gasteiger partial charge in [0.1, 0.15) is 0 Å². The van der Waals surface area contributed by atoms with Crippen LogP contribution in [-0.2, 0) is 6.54 Å². The highest BCUT2D eigenvalue weighted by Crippen LogP contribution is 2.39. The first-order valence-electron chi connectivity index (χ1n) is 10.5. The average molecular weight is 443 g/mol. The zero-order valence-electron chi connectivity index (χ0n) is 18.7. The molecule has 0 saturated heterocycles.